The van der Waals surface area contributed by atoms with E-state index in [0.29, 0.717) is 28.1 Å². The Bertz CT molecular complexity index is 950. The zero-order chi connectivity index (χ0) is 20.4. The van der Waals surface area contributed by atoms with E-state index in [9.17, 15) is 18.8 Å². The summed E-state index contributed by atoms with van der Waals surface area (Å²) in [7, 11) is 0. The molecule has 2 aliphatic rings. The predicted molar refractivity (Wildman–Crippen MR) is 107 cm³/mol. The van der Waals surface area contributed by atoms with Gasteiger partial charge in [0, 0.05) is 5.75 Å². The molecule has 1 aliphatic carbocycles. The number of benzene rings is 1. The van der Waals surface area contributed by atoms with Gasteiger partial charge in [-0.3, -0.25) is 24.6 Å². The Balaban J connectivity index is 1.31. The lowest BCUT2D eigenvalue weighted by molar-refractivity contribution is -0.142. The Kier molecular flexibility index (Phi) is 5.72. The number of fused-ring (bicyclic) bond motifs is 1. The molecule has 0 spiro atoms. The first-order valence-corrected chi connectivity index (χ1v) is 10.8. The maximum absolute atomic E-state index is 12.9. The molecule has 150 valence electrons. The van der Waals surface area contributed by atoms with Crippen LogP contribution in [0.5, 0.6) is 0 Å². The molecule has 0 radical (unpaired) electrons. The van der Waals surface area contributed by atoms with Gasteiger partial charge in [-0.1, -0.05) is 47.4 Å². The summed E-state index contributed by atoms with van der Waals surface area (Å²) in [5, 5.41) is 10.8. The minimum absolute atomic E-state index is 0.285. The van der Waals surface area contributed by atoms with Gasteiger partial charge in [0.15, 0.2) is 4.34 Å². The summed E-state index contributed by atoms with van der Waals surface area (Å²) in [5.74, 6) is -1.45. The zero-order valence-electron chi connectivity index (χ0n) is 15.2. The van der Waals surface area contributed by atoms with Gasteiger partial charge < -0.3 is 0 Å². The molecule has 0 unspecified atom stereocenters. The smallest absolute Gasteiger partial charge is 0.246 e. The summed E-state index contributed by atoms with van der Waals surface area (Å²) in [5.41, 5.74) is 0.944. The monoisotopic (exact) mass is 432 g/mol. The standard InChI is InChI=1S/C19H17FN4O3S2/c20-12-7-5-11(6-8-12)10-28-19-23-22-18(29-19)21-15(25)9-24-16(26)13-3-1-2-4-14(13)17(24)27/h1-2,5-8,13-14H,3-4,9-10H2,(H,21,22,25)/t13-,14-/m0/s1. The van der Waals surface area contributed by atoms with E-state index in [1.807, 2.05) is 12.2 Å². The lowest BCUT2D eigenvalue weighted by atomic mass is 9.85. The maximum atomic E-state index is 12.9. The lowest BCUT2D eigenvalue weighted by Gasteiger charge is -2.14. The van der Waals surface area contributed by atoms with Crippen LogP contribution in [0.4, 0.5) is 9.52 Å². The van der Waals surface area contributed by atoms with Gasteiger partial charge in [-0.25, -0.2) is 4.39 Å². The van der Waals surface area contributed by atoms with E-state index in [4.69, 9.17) is 0 Å². The summed E-state index contributed by atoms with van der Waals surface area (Å²) in [6, 6.07) is 6.19. The van der Waals surface area contributed by atoms with Crippen molar-refractivity contribution in [3.05, 3.63) is 47.8 Å². The molecule has 7 nitrogen and oxygen atoms in total. The molecule has 1 aliphatic heterocycles. The van der Waals surface area contributed by atoms with Crippen LogP contribution >= 0.6 is 23.1 Å². The normalized spacial score (nSPS) is 20.8. The van der Waals surface area contributed by atoms with Crippen LogP contribution < -0.4 is 5.32 Å². The highest BCUT2D eigenvalue weighted by Gasteiger charge is 2.47. The van der Waals surface area contributed by atoms with Crippen molar-refractivity contribution in [1.29, 1.82) is 0 Å². The van der Waals surface area contributed by atoms with E-state index in [2.05, 4.69) is 15.5 Å². The molecular weight excluding hydrogens is 415 g/mol. The molecule has 1 aromatic carbocycles. The number of carbonyl (C=O) groups is 3. The number of nitrogens with one attached hydrogen (secondary N) is 1. The number of hydrogen-bond donors (Lipinski definition) is 1. The second-order valence-electron chi connectivity index (χ2n) is 6.75. The Morgan fingerprint density at radius 3 is 2.45 bits per heavy atom. The van der Waals surface area contributed by atoms with Crippen LogP contribution in [0.2, 0.25) is 0 Å². The largest absolute Gasteiger partial charge is 0.299 e. The zero-order valence-corrected chi connectivity index (χ0v) is 16.8. The van der Waals surface area contributed by atoms with Crippen molar-refractivity contribution < 1.29 is 18.8 Å². The van der Waals surface area contributed by atoms with Crippen molar-refractivity contribution in [3.63, 3.8) is 0 Å². The van der Waals surface area contributed by atoms with Crippen molar-refractivity contribution in [2.24, 2.45) is 11.8 Å². The van der Waals surface area contributed by atoms with Crippen molar-refractivity contribution >= 4 is 46.0 Å². The number of nitrogens with zero attached hydrogens (tertiary/aromatic N) is 3. The minimum Gasteiger partial charge on any atom is -0.299 e. The third-order valence-corrected chi connectivity index (χ3v) is 6.87. The molecule has 2 heterocycles. The first-order chi connectivity index (χ1) is 14.0. The summed E-state index contributed by atoms with van der Waals surface area (Å²) in [6.07, 6.45) is 4.89. The number of rotatable bonds is 6. The lowest BCUT2D eigenvalue weighted by Crippen LogP contribution is -2.38. The van der Waals surface area contributed by atoms with Crippen molar-refractivity contribution in [1.82, 2.24) is 15.1 Å². The van der Waals surface area contributed by atoms with Crippen LogP contribution in [-0.2, 0) is 20.1 Å². The van der Waals surface area contributed by atoms with Gasteiger partial charge in [-0.05, 0) is 30.5 Å². The molecule has 2 atom stereocenters. The van der Waals surface area contributed by atoms with Gasteiger partial charge in [0.2, 0.25) is 22.9 Å². The molecule has 1 saturated heterocycles. The van der Waals surface area contributed by atoms with Gasteiger partial charge in [-0.15, -0.1) is 10.2 Å². The third kappa shape index (κ3) is 4.38. The number of anilines is 1. The molecule has 3 amide bonds. The fourth-order valence-corrected chi connectivity index (χ4v) is 5.10. The number of allylic oxidation sites excluding steroid dienone is 2. The SMILES string of the molecule is O=C(CN1C(=O)[C@H]2CC=CC[C@@H]2C1=O)Nc1nnc(SCc2ccc(F)cc2)s1. The Hall–Kier alpha value is -2.59. The van der Waals surface area contributed by atoms with Crippen LogP contribution in [0.1, 0.15) is 18.4 Å². The highest BCUT2D eigenvalue weighted by molar-refractivity contribution is 8.00. The number of hydrogen-bond acceptors (Lipinski definition) is 7. The topological polar surface area (TPSA) is 92.3 Å². The van der Waals surface area contributed by atoms with Crippen LogP contribution in [0.25, 0.3) is 0 Å². The second kappa shape index (κ2) is 8.42. The number of thioether (sulfide) groups is 1. The summed E-state index contributed by atoms with van der Waals surface area (Å²) in [4.78, 5) is 38.2. The number of likely N-dealkylation sites (tertiary alicyclic amines) is 1. The second-order valence-corrected chi connectivity index (χ2v) is 8.95. The molecule has 4 rings (SSSR count). The quantitative estimate of drug-likeness (QED) is 0.327. The molecule has 1 N–H and O–H groups in total. The average molecular weight is 433 g/mol. The highest BCUT2D eigenvalue weighted by Crippen LogP contribution is 2.35. The Labute approximate surface area is 174 Å². The fraction of sp³-hybridized carbons (Fsp3) is 0.316. The number of halogens is 1. The molecule has 29 heavy (non-hydrogen) atoms. The average Bonchev–Trinajstić information content (AvgIpc) is 3.26. The predicted octanol–water partition coefficient (Wildman–Crippen LogP) is 2.86. The highest BCUT2D eigenvalue weighted by atomic mass is 32.2. The van der Waals surface area contributed by atoms with E-state index < -0.39 is 5.91 Å². The molecule has 0 bridgehead atoms. The number of imide groups is 1. The van der Waals surface area contributed by atoms with Gasteiger partial charge in [0.1, 0.15) is 12.4 Å². The Morgan fingerprint density at radius 1 is 1.14 bits per heavy atom. The summed E-state index contributed by atoms with van der Waals surface area (Å²) < 4.78 is 13.6. The van der Waals surface area contributed by atoms with Gasteiger partial charge in [-0.2, -0.15) is 0 Å². The first-order valence-electron chi connectivity index (χ1n) is 9.02. The maximum Gasteiger partial charge on any atom is 0.246 e. The van der Waals surface area contributed by atoms with E-state index in [1.54, 1.807) is 12.1 Å². The van der Waals surface area contributed by atoms with Crippen LogP contribution in [-0.4, -0.2) is 39.4 Å². The summed E-state index contributed by atoms with van der Waals surface area (Å²) in [6.45, 7) is -0.317. The van der Waals surface area contributed by atoms with Crippen LogP contribution in [0.15, 0.2) is 40.8 Å². The van der Waals surface area contributed by atoms with Crippen molar-refractivity contribution in [2.45, 2.75) is 22.9 Å². The van der Waals surface area contributed by atoms with E-state index in [-0.39, 0.29) is 36.0 Å². The fourth-order valence-electron chi connectivity index (χ4n) is 3.37. The van der Waals surface area contributed by atoms with Crippen molar-refractivity contribution in [3.8, 4) is 0 Å². The van der Waals surface area contributed by atoms with Crippen LogP contribution in [0.3, 0.4) is 0 Å². The first kappa shape index (κ1) is 19.7. The molecule has 1 aromatic heterocycles. The number of carbonyl (C=O) groups excluding carboxylic acids is 3. The molecule has 10 heteroatoms. The van der Waals surface area contributed by atoms with Crippen LogP contribution in [0, 0.1) is 17.7 Å². The third-order valence-electron chi connectivity index (χ3n) is 4.83. The molecule has 0 saturated carbocycles. The Morgan fingerprint density at radius 2 is 1.79 bits per heavy atom. The number of amides is 3. The molecule has 1 fully saturated rings. The van der Waals surface area contributed by atoms with E-state index in [1.165, 1.54) is 35.2 Å². The van der Waals surface area contributed by atoms with Crippen molar-refractivity contribution in [2.75, 3.05) is 11.9 Å². The number of aromatic nitrogens is 2. The molecule has 2 aromatic rings. The van der Waals surface area contributed by atoms with E-state index in [0.717, 1.165) is 10.5 Å². The minimum atomic E-state index is -0.482. The van der Waals surface area contributed by atoms with E-state index >= 15 is 0 Å². The van der Waals surface area contributed by atoms with Gasteiger partial charge >= 0.3 is 0 Å². The van der Waals surface area contributed by atoms with Gasteiger partial charge in [0.05, 0.1) is 11.8 Å². The van der Waals surface area contributed by atoms with Gasteiger partial charge in [0.25, 0.3) is 0 Å². The summed E-state index contributed by atoms with van der Waals surface area (Å²) >= 11 is 2.62. The molecular formula is C19H17FN4O3S2.